The molecule has 2 heterocycles. The molecule has 0 atom stereocenters. The maximum absolute atomic E-state index is 2.52. The van der Waals surface area contributed by atoms with Gasteiger partial charge in [-0.15, -0.1) is 0 Å². The highest BCUT2D eigenvalue weighted by molar-refractivity contribution is 6.13. The number of nitrogens with zero attached hydrogens (tertiary/aromatic N) is 2. The Morgan fingerprint density at radius 1 is 0.275 bits per heavy atom. The van der Waals surface area contributed by atoms with Crippen LogP contribution >= 0.6 is 0 Å². The van der Waals surface area contributed by atoms with Gasteiger partial charge in [-0.2, -0.15) is 0 Å². The van der Waals surface area contributed by atoms with Gasteiger partial charge in [-0.1, -0.05) is 133 Å². The third-order valence-corrected chi connectivity index (χ3v) is 11.7. The van der Waals surface area contributed by atoms with Gasteiger partial charge in [0.2, 0.25) is 0 Å². The second-order valence-corrected chi connectivity index (χ2v) is 14.0. The lowest BCUT2D eigenvalue weighted by atomic mass is 9.70. The summed E-state index contributed by atoms with van der Waals surface area (Å²) >= 11 is 0. The van der Waals surface area contributed by atoms with E-state index in [1.807, 2.05) is 0 Å². The van der Waals surface area contributed by atoms with Gasteiger partial charge in [0.25, 0.3) is 0 Å². The molecule has 2 aromatic heterocycles. The lowest BCUT2D eigenvalue weighted by Crippen LogP contribution is -2.25. The number of hydrogen-bond acceptors (Lipinski definition) is 0. The molecule has 0 aliphatic heterocycles. The topological polar surface area (TPSA) is 9.86 Å². The molecule has 236 valence electrons. The first-order valence-corrected chi connectivity index (χ1v) is 17.8. The van der Waals surface area contributed by atoms with Crippen LogP contribution in [-0.4, -0.2) is 9.13 Å². The SMILES string of the molecule is c1cc(-n2c3ccccc3c3ccccc32)cc(-n2c3ccccc3c3cc4c(cc32)C2(c3ccccc3-c3ccccc32)c2ccccc2-4)c1. The van der Waals surface area contributed by atoms with Gasteiger partial charge in [-0.3, -0.25) is 0 Å². The molecule has 0 saturated heterocycles. The van der Waals surface area contributed by atoms with E-state index in [0.717, 1.165) is 11.4 Å². The summed E-state index contributed by atoms with van der Waals surface area (Å²) in [4.78, 5) is 0. The highest BCUT2D eigenvalue weighted by Gasteiger charge is 2.51. The average Bonchev–Trinajstić information content (AvgIpc) is 3.89. The van der Waals surface area contributed by atoms with Crippen LogP contribution in [0, 0.1) is 0 Å². The number of fused-ring (bicyclic) bond motifs is 16. The van der Waals surface area contributed by atoms with Crippen molar-refractivity contribution in [1.82, 2.24) is 9.13 Å². The van der Waals surface area contributed by atoms with E-state index < -0.39 is 0 Å². The highest BCUT2D eigenvalue weighted by atomic mass is 15.0. The van der Waals surface area contributed by atoms with E-state index in [0.29, 0.717) is 0 Å². The Morgan fingerprint density at radius 2 is 0.686 bits per heavy atom. The van der Waals surface area contributed by atoms with Gasteiger partial charge in [-0.25, -0.2) is 0 Å². The fourth-order valence-corrected chi connectivity index (χ4v) is 9.80. The molecule has 10 aromatic rings. The van der Waals surface area contributed by atoms with Crippen molar-refractivity contribution in [2.45, 2.75) is 5.41 Å². The Labute approximate surface area is 295 Å². The molecule has 51 heavy (non-hydrogen) atoms. The number of hydrogen-bond donors (Lipinski definition) is 0. The van der Waals surface area contributed by atoms with Crippen LogP contribution < -0.4 is 0 Å². The largest absolute Gasteiger partial charge is 0.309 e. The Hall–Kier alpha value is -6.64. The minimum Gasteiger partial charge on any atom is -0.309 e. The van der Waals surface area contributed by atoms with E-state index >= 15 is 0 Å². The molecular formula is C49H30N2. The second-order valence-electron chi connectivity index (χ2n) is 14.0. The van der Waals surface area contributed by atoms with Gasteiger partial charge in [-0.05, 0) is 93.0 Å². The maximum Gasteiger partial charge on any atom is 0.0726 e. The Morgan fingerprint density at radius 3 is 1.22 bits per heavy atom. The lowest BCUT2D eigenvalue weighted by molar-refractivity contribution is 0.794. The summed E-state index contributed by atoms with van der Waals surface area (Å²) in [5, 5.41) is 5.09. The summed E-state index contributed by atoms with van der Waals surface area (Å²) < 4.78 is 4.91. The van der Waals surface area contributed by atoms with E-state index in [-0.39, 0.29) is 5.41 Å². The fraction of sp³-hybridized carbons (Fsp3) is 0.0204. The third-order valence-electron chi connectivity index (χ3n) is 11.7. The molecule has 2 aliphatic carbocycles. The van der Waals surface area contributed by atoms with E-state index in [9.17, 15) is 0 Å². The monoisotopic (exact) mass is 646 g/mol. The molecule has 0 unspecified atom stereocenters. The number of rotatable bonds is 2. The van der Waals surface area contributed by atoms with Gasteiger partial charge in [0.1, 0.15) is 0 Å². The molecule has 0 fully saturated rings. The molecule has 0 saturated carbocycles. The van der Waals surface area contributed by atoms with Gasteiger partial charge in [0.05, 0.1) is 27.5 Å². The molecule has 0 radical (unpaired) electrons. The fourth-order valence-electron chi connectivity index (χ4n) is 9.80. The first-order valence-electron chi connectivity index (χ1n) is 17.8. The zero-order chi connectivity index (χ0) is 33.3. The van der Waals surface area contributed by atoms with Crippen LogP contribution in [0.3, 0.4) is 0 Å². The number of aromatic nitrogens is 2. The summed E-state index contributed by atoms with van der Waals surface area (Å²) in [6, 6.07) is 67.7. The van der Waals surface area contributed by atoms with Crippen molar-refractivity contribution in [3.05, 3.63) is 204 Å². The summed E-state index contributed by atoms with van der Waals surface area (Å²) in [7, 11) is 0. The molecule has 2 heteroatoms. The minimum atomic E-state index is -0.389. The van der Waals surface area contributed by atoms with Crippen LogP contribution in [0.15, 0.2) is 182 Å². The summed E-state index contributed by atoms with van der Waals surface area (Å²) in [6.45, 7) is 0. The van der Waals surface area contributed by atoms with Crippen molar-refractivity contribution >= 4 is 43.6 Å². The molecular weight excluding hydrogens is 617 g/mol. The van der Waals surface area contributed by atoms with Crippen LogP contribution in [0.4, 0.5) is 0 Å². The van der Waals surface area contributed by atoms with E-state index in [2.05, 4.69) is 191 Å². The molecule has 1 spiro atoms. The molecule has 0 amide bonds. The van der Waals surface area contributed by atoms with Crippen molar-refractivity contribution in [2.24, 2.45) is 0 Å². The summed E-state index contributed by atoms with van der Waals surface area (Å²) in [5.41, 5.74) is 17.6. The Kier molecular flexibility index (Phi) is 5.20. The first-order chi connectivity index (χ1) is 25.3. The first kappa shape index (κ1) is 27.2. The predicted molar refractivity (Wildman–Crippen MR) is 211 cm³/mol. The van der Waals surface area contributed by atoms with Gasteiger partial charge in [0, 0.05) is 32.9 Å². The van der Waals surface area contributed by atoms with Crippen molar-refractivity contribution < 1.29 is 0 Å². The summed E-state index contributed by atoms with van der Waals surface area (Å²) in [6.07, 6.45) is 0. The normalized spacial score (nSPS) is 13.6. The van der Waals surface area contributed by atoms with Crippen molar-refractivity contribution in [1.29, 1.82) is 0 Å². The third kappa shape index (κ3) is 3.32. The van der Waals surface area contributed by atoms with E-state index in [4.69, 9.17) is 0 Å². The Bertz CT molecular complexity index is 3000. The predicted octanol–water partition coefficient (Wildman–Crippen LogP) is 12.2. The quantitative estimate of drug-likeness (QED) is 0.177. The van der Waals surface area contributed by atoms with E-state index in [1.165, 1.54) is 88.1 Å². The lowest BCUT2D eigenvalue weighted by Gasteiger charge is -2.30. The maximum atomic E-state index is 2.52. The van der Waals surface area contributed by atoms with Gasteiger partial charge in [0.15, 0.2) is 0 Å². The van der Waals surface area contributed by atoms with Crippen LogP contribution in [0.2, 0.25) is 0 Å². The van der Waals surface area contributed by atoms with Crippen LogP contribution in [-0.2, 0) is 5.41 Å². The zero-order valence-electron chi connectivity index (χ0n) is 27.7. The van der Waals surface area contributed by atoms with Crippen LogP contribution in [0.5, 0.6) is 0 Å². The molecule has 2 nitrogen and oxygen atoms in total. The van der Waals surface area contributed by atoms with Crippen LogP contribution in [0.1, 0.15) is 22.3 Å². The van der Waals surface area contributed by atoms with Gasteiger partial charge >= 0.3 is 0 Å². The molecule has 0 N–H and O–H groups in total. The van der Waals surface area contributed by atoms with Crippen molar-refractivity contribution in [2.75, 3.05) is 0 Å². The zero-order valence-corrected chi connectivity index (χ0v) is 27.7. The molecule has 2 aliphatic rings. The number of benzene rings is 8. The van der Waals surface area contributed by atoms with Gasteiger partial charge < -0.3 is 9.13 Å². The Balaban J connectivity index is 1.18. The second kappa shape index (κ2) is 9.74. The van der Waals surface area contributed by atoms with E-state index in [1.54, 1.807) is 0 Å². The average molecular weight is 647 g/mol. The standard InChI is InChI=1S/C49H30N2/c1-7-22-41-33(16-1)34-17-2-8-23-42(34)49(41)43-24-9-3-18-35(43)39-29-40-38-21-6-12-27-47(38)51(48(40)30-44(39)49)32-15-13-14-31(28-32)50-45-25-10-4-19-36(45)37-20-5-11-26-46(37)50/h1-30H. The smallest absolute Gasteiger partial charge is 0.0726 e. The van der Waals surface area contributed by atoms with Crippen LogP contribution in [0.25, 0.3) is 77.2 Å². The molecule has 8 aromatic carbocycles. The van der Waals surface area contributed by atoms with Crippen molar-refractivity contribution in [3.8, 4) is 33.6 Å². The molecule has 0 bridgehead atoms. The minimum absolute atomic E-state index is 0.389. The summed E-state index contributed by atoms with van der Waals surface area (Å²) in [5.74, 6) is 0. The molecule has 12 rings (SSSR count). The number of para-hydroxylation sites is 3. The van der Waals surface area contributed by atoms with Crippen molar-refractivity contribution in [3.63, 3.8) is 0 Å². The highest BCUT2D eigenvalue weighted by Crippen LogP contribution is 2.63.